The summed E-state index contributed by atoms with van der Waals surface area (Å²) in [5, 5.41) is 4.45. The van der Waals surface area contributed by atoms with Gasteiger partial charge in [-0.3, -0.25) is 9.78 Å². The Balaban J connectivity index is 1.55. The molecule has 0 bridgehead atoms. The molecule has 1 saturated heterocycles. The summed E-state index contributed by atoms with van der Waals surface area (Å²) in [6.07, 6.45) is 6.75. The van der Waals surface area contributed by atoms with Crippen molar-refractivity contribution in [1.29, 1.82) is 0 Å². The Morgan fingerprint density at radius 2 is 1.94 bits per heavy atom. The van der Waals surface area contributed by atoms with Crippen molar-refractivity contribution >= 4 is 11.6 Å². The Kier molecular flexibility index (Phi) is 5.41. The fourth-order valence-corrected chi connectivity index (χ4v) is 4.43. The summed E-state index contributed by atoms with van der Waals surface area (Å²) >= 11 is 0. The van der Waals surface area contributed by atoms with Crippen LogP contribution in [0.15, 0.2) is 60.9 Å². The summed E-state index contributed by atoms with van der Waals surface area (Å²) in [7, 11) is 0. The number of pyridine rings is 1. The molecule has 3 aromatic heterocycles. The Hall–Kier alpha value is -3.58. The van der Waals surface area contributed by atoms with E-state index in [2.05, 4.69) is 5.10 Å². The molecule has 7 nitrogen and oxygen atoms in total. The van der Waals surface area contributed by atoms with Crippen molar-refractivity contribution in [3.05, 3.63) is 72.2 Å². The van der Waals surface area contributed by atoms with E-state index in [0.29, 0.717) is 23.4 Å². The molecule has 4 heterocycles. The van der Waals surface area contributed by atoms with E-state index < -0.39 is 0 Å². The molecule has 0 aliphatic carbocycles. The predicted molar refractivity (Wildman–Crippen MR) is 124 cm³/mol. The van der Waals surface area contributed by atoms with Crippen LogP contribution in [0.2, 0.25) is 0 Å². The first kappa shape index (κ1) is 20.3. The van der Waals surface area contributed by atoms with Crippen molar-refractivity contribution in [1.82, 2.24) is 24.5 Å². The zero-order chi connectivity index (χ0) is 22.1. The van der Waals surface area contributed by atoms with Gasteiger partial charge in [0, 0.05) is 42.1 Å². The van der Waals surface area contributed by atoms with Crippen LogP contribution in [0.25, 0.3) is 28.2 Å². The molecule has 2 N–H and O–H groups in total. The van der Waals surface area contributed by atoms with E-state index in [-0.39, 0.29) is 11.9 Å². The molecule has 0 unspecified atom stereocenters. The Labute approximate surface area is 186 Å². The third kappa shape index (κ3) is 3.76. The summed E-state index contributed by atoms with van der Waals surface area (Å²) < 4.78 is 1.74. The lowest BCUT2D eigenvalue weighted by Crippen LogP contribution is -2.47. The fourth-order valence-electron chi connectivity index (χ4n) is 4.43. The number of rotatable bonds is 4. The van der Waals surface area contributed by atoms with Gasteiger partial charge in [0.05, 0.1) is 23.1 Å². The maximum Gasteiger partial charge on any atom is 0.254 e. The molecule has 1 aromatic carbocycles. The van der Waals surface area contributed by atoms with E-state index in [4.69, 9.17) is 15.7 Å². The highest BCUT2D eigenvalue weighted by Crippen LogP contribution is 2.27. The molecule has 1 aliphatic heterocycles. The molecule has 162 valence electrons. The van der Waals surface area contributed by atoms with Gasteiger partial charge in [0.1, 0.15) is 0 Å². The van der Waals surface area contributed by atoms with Gasteiger partial charge in [0.2, 0.25) is 0 Å². The standard InChI is InChI=1S/C25H26N6O/c1-17-13-19(25(32)30-11-6-5-9-20(30)15-26)14-23(28-17)21-16-27-31-12-10-22(29-24(21)31)18-7-3-2-4-8-18/h2-4,7-8,10,12-14,16,20H,5-6,9,11,15,26H2,1H3/t20-/m1/s1. The molecule has 0 saturated carbocycles. The number of carbonyl (C=O) groups excluding carboxylic acids is 1. The smallest absolute Gasteiger partial charge is 0.254 e. The number of nitrogens with two attached hydrogens (primary N) is 1. The van der Waals surface area contributed by atoms with Crippen molar-refractivity contribution in [2.75, 3.05) is 13.1 Å². The zero-order valence-electron chi connectivity index (χ0n) is 18.1. The maximum atomic E-state index is 13.4. The predicted octanol–water partition coefficient (Wildman–Crippen LogP) is 3.72. The van der Waals surface area contributed by atoms with Gasteiger partial charge >= 0.3 is 0 Å². The van der Waals surface area contributed by atoms with Gasteiger partial charge in [0.25, 0.3) is 5.91 Å². The van der Waals surface area contributed by atoms with Crippen LogP contribution in [-0.2, 0) is 0 Å². The summed E-state index contributed by atoms with van der Waals surface area (Å²) in [5.41, 5.74) is 11.5. The average molecular weight is 427 g/mol. The summed E-state index contributed by atoms with van der Waals surface area (Å²) in [5.74, 6) is 0.0151. The van der Waals surface area contributed by atoms with Crippen molar-refractivity contribution in [3.63, 3.8) is 0 Å². The monoisotopic (exact) mass is 426 g/mol. The summed E-state index contributed by atoms with van der Waals surface area (Å²) in [6.45, 7) is 3.14. The van der Waals surface area contributed by atoms with Crippen LogP contribution in [0.5, 0.6) is 0 Å². The van der Waals surface area contributed by atoms with Gasteiger partial charge in [-0.1, -0.05) is 30.3 Å². The second-order valence-electron chi connectivity index (χ2n) is 8.27. The molecule has 1 atom stereocenters. The number of hydrogen-bond acceptors (Lipinski definition) is 5. The molecule has 5 rings (SSSR count). The van der Waals surface area contributed by atoms with E-state index in [9.17, 15) is 4.79 Å². The fraction of sp³-hybridized carbons (Fsp3) is 0.280. The van der Waals surface area contributed by atoms with E-state index in [0.717, 1.165) is 48.3 Å². The highest BCUT2D eigenvalue weighted by Gasteiger charge is 2.27. The van der Waals surface area contributed by atoms with Crippen molar-refractivity contribution < 1.29 is 4.79 Å². The number of nitrogens with zero attached hydrogens (tertiary/aromatic N) is 5. The molecular weight excluding hydrogens is 400 g/mol. The second-order valence-corrected chi connectivity index (χ2v) is 8.27. The number of benzene rings is 1. The van der Waals surface area contributed by atoms with Crippen LogP contribution in [0.4, 0.5) is 0 Å². The first-order chi connectivity index (χ1) is 15.6. The normalized spacial score (nSPS) is 16.4. The Bertz CT molecular complexity index is 1270. The molecule has 4 aromatic rings. The Morgan fingerprint density at radius 3 is 2.75 bits per heavy atom. The van der Waals surface area contributed by atoms with Crippen LogP contribution in [0.3, 0.4) is 0 Å². The number of fused-ring (bicyclic) bond motifs is 1. The number of aryl methyl sites for hydroxylation is 1. The minimum atomic E-state index is 0.0151. The molecule has 7 heteroatoms. The first-order valence-corrected chi connectivity index (χ1v) is 11.0. The van der Waals surface area contributed by atoms with Gasteiger partial charge in [-0.2, -0.15) is 5.10 Å². The van der Waals surface area contributed by atoms with Gasteiger partial charge in [-0.05, 0) is 44.4 Å². The molecule has 1 fully saturated rings. The minimum Gasteiger partial charge on any atom is -0.334 e. The number of aromatic nitrogens is 4. The van der Waals surface area contributed by atoms with Gasteiger partial charge in [-0.15, -0.1) is 0 Å². The quantitative estimate of drug-likeness (QED) is 0.537. The second kappa shape index (κ2) is 8.51. The van der Waals surface area contributed by atoms with E-state index in [1.54, 1.807) is 10.7 Å². The lowest BCUT2D eigenvalue weighted by molar-refractivity contribution is 0.0623. The Morgan fingerprint density at radius 1 is 1.09 bits per heavy atom. The lowest BCUT2D eigenvalue weighted by Gasteiger charge is -2.35. The van der Waals surface area contributed by atoms with Gasteiger partial charge < -0.3 is 10.6 Å². The highest BCUT2D eigenvalue weighted by molar-refractivity contribution is 5.96. The number of amides is 1. The van der Waals surface area contributed by atoms with Crippen LogP contribution in [0.1, 0.15) is 35.3 Å². The molecule has 1 amide bonds. The van der Waals surface area contributed by atoms with Crippen LogP contribution in [-0.4, -0.2) is 49.5 Å². The number of hydrogen-bond donors (Lipinski definition) is 1. The molecule has 0 radical (unpaired) electrons. The largest absolute Gasteiger partial charge is 0.334 e. The SMILES string of the molecule is Cc1cc(C(=O)N2CCCC[C@@H]2CN)cc(-c2cnn3ccc(-c4ccccc4)nc23)n1. The van der Waals surface area contributed by atoms with Crippen LogP contribution >= 0.6 is 0 Å². The van der Waals surface area contributed by atoms with Crippen molar-refractivity contribution in [2.45, 2.75) is 32.2 Å². The summed E-state index contributed by atoms with van der Waals surface area (Å²) in [4.78, 5) is 24.8. The van der Waals surface area contributed by atoms with Crippen molar-refractivity contribution in [3.8, 4) is 22.5 Å². The van der Waals surface area contributed by atoms with E-state index in [1.165, 1.54) is 0 Å². The third-order valence-corrected chi connectivity index (χ3v) is 6.08. The van der Waals surface area contributed by atoms with Gasteiger partial charge in [0.15, 0.2) is 5.65 Å². The average Bonchev–Trinajstić information content (AvgIpc) is 3.27. The number of likely N-dealkylation sites (tertiary alicyclic amines) is 1. The molecular formula is C25H26N6O. The number of carbonyl (C=O) groups is 1. The molecule has 0 spiro atoms. The van der Waals surface area contributed by atoms with E-state index in [1.807, 2.05) is 66.6 Å². The summed E-state index contributed by atoms with van der Waals surface area (Å²) in [6, 6.07) is 15.8. The van der Waals surface area contributed by atoms with Crippen molar-refractivity contribution in [2.24, 2.45) is 5.73 Å². The topological polar surface area (TPSA) is 89.4 Å². The highest BCUT2D eigenvalue weighted by atomic mass is 16.2. The minimum absolute atomic E-state index is 0.0151. The van der Waals surface area contributed by atoms with Crippen LogP contribution < -0.4 is 5.73 Å². The zero-order valence-corrected chi connectivity index (χ0v) is 18.1. The molecule has 32 heavy (non-hydrogen) atoms. The number of piperidine rings is 1. The van der Waals surface area contributed by atoms with Crippen LogP contribution in [0, 0.1) is 6.92 Å². The lowest BCUT2D eigenvalue weighted by atomic mass is 10.0. The molecule has 1 aliphatic rings. The third-order valence-electron chi connectivity index (χ3n) is 6.08. The maximum absolute atomic E-state index is 13.4. The van der Waals surface area contributed by atoms with Gasteiger partial charge in [-0.25, -0.2) is 9.50 Å². The first-order valence-electron chi connectivity index (χ1n) is 11.0. The van der Waals surface area contributed by atoms with E-state index >= 15 is 0 Å².